The van der Waals surface area contributed by atoms with Gasteiger partial charge >= 0.3 is 0 Å². The predicted octanol–water partition coefficient (Wildman–Crippen LogP) is 8.07. The molecule has 2 N–H and O–H groups in total. The van der Waals surface area contributed by atoms with E-state index in [-0.39, 0.29) is 16.8 Å². The van der Waals surface area contributed by atoms with Gasteiger partial charge in [0.05, 0.1) is 22.6 Å². The van der Waals surface area contributed by atoms with Crippen LogP contribution in [-0.4, -0.2) is 52.3 Å². The van der Waals surface area contributed by atoms with E-state index in [0.717, 1.165) is 49.5 Å². The van der Waals surface area contributed by atoms with Gasteiger partial charge < -0.3 is 24.3 Å². The number of ether oxygens (including phenoxy) is 2. The van der Waals surface area contributed by atoms with Crippen LogP contribution in [0.2, 0.25) is 0 Å². The number of rotatable bonds is 7. The zero-order valence-electron chi connectivity index (χ0n) is 25.1. The molecule has 6 nitrogen and oxygen atoms in total. The van der Waals surface area contributed by atoms with E-state index in [1.807, 2.05) is 24.3 Å². The number of thioether (sulfide) groups is 1. The molecule has 0 amide bonds. The Hall–Kier alpha value is -3.89. The van der Waals surface area contributed by atoms with Crippen LogP contribution in [0.1, 0.15) is 36.6 Å². The second-order valence-electron chi connectivity index (χ2n) is 12.6. The number of hydrogen-bond acceptors (Lipinski definition) is 5. The molecular formula is C35H33F3N4O2S. The van der Waals surface area contributed by atoms with Crippen molar-refractivity contribution in [3.8, 4) is 28.6 Å². The smallest absolute Gasteiger partial charge is 0.204 e. The molecule has 3 aromatic carbocycles. The van der Waals surface area contributed by atoms with Crippen molar-refractivity contribution in [3.05, 3.63) is 89.1 Å². The maximum Gasteiger partial charge on any atom is 0.204 e. The number of H-pyrrole nitrogens is 2. The van der Waals surface area contributed by atoms with E-state index in [1.54, 1.807) is 30.8 Å². The number of halogens is 3. The van der Waals surface area contributed by atoms with Crippen molar-refractivity contribution in [3.63, 3.8) is 0 Å². The van der Waals surface area contributed by atoms with E-state index in [0.29, 0.717) is 52.3 Å². The van der Waals surface area contributed by atoms with Gasteiger partial charge in [-0.3, -0.25) is 0 Å². The Kier molecular flexibility index (Phi) is 6.91. The van der Waals surface area contributed by atoms with Gasteiger partial charge in [0, 0.05) is 47.5 Å². The van der Waals surface area contributed by atoms with Crippen LogP contribution < -0.4 is 9.47 Å². The second kappa shape index (κ2) is 10.9. The lowest BCUT2D eigenvalue weighted by molar-refractivity contribution is 0.241. The highest BCUT2D eigenvalue weighted by molar-refractivity contribution is 7.99. The van der Waals surface area contributed by atoms with E-state index in [2.05, 4.69) is 26.8 Å². The number of aromatic nitrogens is 3. The maximum atomic E-state index is 16.1. The highest BCUT2D eigenvalue weighted by atomic mass is 32.2. The molecule has 2 aromatic heterocycles. The molecule has 45 heavy (non-hydrogen) atoms. The number of piperidine rings is 1. The molecule has 4 unspecified atom stereocenters. The summed E-state index contributed by atoms with van der Waals surface area (Å²) in [6.45, 7) is 5.75. The monoisotopic (exact) mass is 630 g/mol. The zero-order valence-corrected chi connectivity index (χ0v) is 25.9. The summed E-state index contributed by atoms with van der Waals surface area (Å²) in [6, 6.07) is 12.7. The van der Waals surface area contributed by atoms with E-state index in [1.165, 1.54) is 17.8 Å². The molecule has 5 heterocycles. The molecule has 5 aromatic rings. The fraction of sp³-hybridized carbons (Fsp3) is 0.343. The van der Waals surface area contributed by atoms with Gasteiger partial charge in [-0.25, -0.2) is 13.8 Å². The first-order chi connectivity index (χ1) is 21.8. The standard InChI is InChI=1S/C35H33F3N4O2S/c1-35(9-12-43-26-6-4-3-5-24(26)35)28-16-40-34(41-28)23-15-27(20(14-25(23)36)13-21-18-42-11-8-19(21)17-42)44-32-30(38)29(37)31-22(7-10-39-31)33(32)45-2/h3-7,10,14-16,19,21,39H,8-9,11-13,17-18H2,1-2H3,(H,40,41). The fourth-order valence-corrected chi connectivity index (χ4v) is 8.29. The van der Waals surface area contributed by atoms with Crippen molar-refractivity contribution in [2.75, 3.05) is 32.5 Å². The van der Waals surface area contributed by atoms with Gasteiger partial charge in [0.25, 0.3) is 0 Å². The first-order valence-corrected chi connectivity index (χ1v) is 16.6. The first-order valence-electron chi connectivity index (χ1n) is 15.4. The third kappa shape index (κ3) is 4.63. The summed E-state index contributed by atoms with van der Waals surface area (Å²) in [7, 11) is 0. The molecule has 0 saturated carbocycles. The Morgan fingerprint density at radius 1 is 1.13 bits per heavy atom. The molecule has 2 fully saturated rings. The summed E-state index contributed by atoms with van der Waals surface area (Å²) >= 11 is 1.28. The Morgan fingerprint density at radius 3 is 2.80 bits per heavy atom. The summed E-state index contributed by atoms with van der Waals surface area (Å²) < 4.78 is 59.1. The molecule has 4 atom stereocenters. The van der Waals surface area contributed by atoms with Crippen LogP contribution in [0, 0.1) is 29.3 Å². The van der Waals surface area contributed by atoms with Gasteiger partial charge in [-0.1, -0.05) is 18.2 Å². The van der Waals surface area contributed by atoms with E-state index >= 15 is 13.2 Å². The topological polar surface area (TPSA) is 66.2 Å². The van der Waals surface area contributed by atoms with Crippen molar-refractivity contribution >= 4 is 22.7 Å². The average Bonchev–Trinajstić information content (AvgIpc) is 3.87. The highest BCUT2D eigenvalue weighted by Gasteiger charge is 2.39. The lowest BCUT2D eigenvalue weighted by Gasteiger charge is -2.34. The molecule has 2 bridgehead atoms. The minimum Gasteiger partial charge on any atom is -0.493 e. The number of nitrogens with zero attached hydrogens (tertiary/aromatic N) is 2. The zero-order chi connectivity index (χ0) is 30.9. The number of aromatic amines is 2. The van der Waals surface area contributed by atoms with E-state index < -0.39 is 22.9 Å². The SMILES string of the molecule is CSc1c(Oc2cc(-c3ncc(C4(C)CCOc5ccccc54)[nH]3)c(F)cc2CC2CN3CCC2C3)c(F)c(F)c2[nH]ccc12. The van der Waals surface area contributed by atoms with Crippen LogP contribution in [0.4, 0.5) is 13.2 Å². The second-order valence-corrected chi connectivity index (χ2v) is 13.5. The van der Waals surface area contributed by atoms with Crippen LogP contribution in [0.15, 0.2) is 59.8 Å². The van der Waals surface area contributed by atoms with Crippen LogP contribution in [0.5, 0.6) is 17.2 Å². The van der Waals surface area contributed by atoms with Gasteiger partial charge in [0.2, 0.25) is 5.82 Å². The van der Waals surface area contributed by atoms with Crippen molar-refractivity contribution in [2.45, 2.75) is 36.5 Å². The summed E-state index contributed by atoms with van der Waals surface area (Å²) in [5.74, 6) is -0.403. The number of benzene rings is 3. The van der Waals surface area contributed by atoms with Crippen LogP contribution >= 0.6 is 11.8 Å². The molecular weight excluding hydrogens is 597 g/mol. The van der Waals surface area contributed by atoms with Crippen molar-refractivity contribution in [1.82, 2.24) is 19.9 Å². The average molecular weight is 631 g/mol. The lowest BCUT2D eigenvalue weighted by Crippen LogP contribution is -2.31. The quantitative estimate of drug-likeness (QED) is 0.178. The lowest BCUT2D eigenvalue weighted by atomic mass is 9.75. The Morgan fingerprint density at radius 2 is 2.00 bits per heavy atom. The minimum absolute atomic E-state index is 0.0894. The molecule has 0 radical (unpaired) electrons. The molecule has 8 rings (SSSR count). The van der Waals surface area contributed by atoms with E-state index in [4.69, 9.17) is 9.47 Å². The van der Waals surface area contributed by atoms with Crippen molar-refractivity contribution in [1.29, 1.82) is 0 Å². The maximum absolute atomic E-state index is 16.1. The summed E-state index contributed by atoms with van der Waals surface area (Å²) in [5, 5.41) is 0.529. The van der Waals surface area contributed by atoms with Gasteiger partial charge in [-0.15, -0.1) is 11.8 Å². The Labute approximate surface area is 263 Å². The normalized spacial score (nSPS) is 23.8. The summed E-state index contributed by atoms with van der Waals surface area (Å²) in [4.78, 5) is 13.7. The third-order valence-corrected chi connectivity index (χ3v) is 10.9. The summed E-state index contributed by atoms with van der Waals surface area (Å²) in [5.41, 5.74) is 2.39. The number of nitrogens with one attached hydrogen (secondary N) is 2. The Bertz CT molecular complexity index is 1940. The predicted molar refractivity (Wildman–Crippen MR) is 169 cm³/mol. The molecule has 2 saturated heterocycles. The number of hydrogen-bond donors (Lipinski definition) is 2. The van der Waals surface area contributed by atoms with E-state index in [9.17, 15) is 0 Å². The van der Waals surface area contributed by atoms with Crippen LogP contribution in [0.25, 0.3) is 22.3 Å². The Balaban J connectivity index is 1.22. The fourth-order valence-electron chi connectivity index (χ4n) is 7.58. The molecule has 232 valence electrons. The van der Waals surface area contributed by atoms with Crippen molar-refractivity contribution < 1.29 is 22.6 Å². The van der Waals surface area contributed by atoms with Crippen molar-refractivity contribution in [2.24, 2.45) is 11.8 Å². The third-order valence-electron chi connectivity index (χ3n) is 10.1. The number of para-hydroxylation sites is 1. The van der Waals surface area contributed by atoms with Gasteiger partial charge in [0.1, 0.15) is 23.1 Å². The van der Waals surface area contributed by atoms with Gasteiger partial charge in [0.15, 0.2) is 11.6 Å². The molecule has 0 spiro atoms. The molecule has 3 aliphatic rings. The molecule has 10 heteroatoms. The molecule has 0 aliphatic carbocycles. The van der Waals surface area contributed by atoms with Gasteiger partial charge in [-0.2, -0.15) is 4.39 Å². The number of fused-ring (bicyclic) bond motifs is 4. The highest BCUT2D eigenvalue weighted by Crippen LogP contribution is 2.46. The van der Waals surface area contributed by atoms with Crippen LogP contribution in [0.3, 0.4) is 0 Å². The minimum atomic E-state index is -1.08. The first kappa shape index (κ1) is 28.6. The molecule has 3 aliphatic heterocycles. The van der Waals surface area contributed by atoms with Gasteiger partial charge in [-0.05, 0) is 80.7 Å². The number of imidazole rings is 1. The largest absolute Gasteiger partial charge is 0.493 e. The van der Waals surface area contributed by atoms with Crippen LogP contribution in [-0.2, 0) is 11.8 Å². The summed E-state index contributed by atoms with van der Waals surface area (Å²) in [6.07, 6.45) is 7.54.